The van der Waals surface area contributed by atoms with Crippen molar-refractivity contribution in [1.82, 2.24) is 15.0 Å². The number of benzene rings is 1. The van der Waals surface area contributed by atoms with E-state index in [2.05, 4.69) is 15.0 Å². The van der Waals surface area contributed by atoms with Crippen LogP contribution in [0.1, 0.15) is 11.3 Å². The molecule has 3 aromatic rings. The van der Waals surface area contributed by atoms with Gasteiger partial charge in [0.1, 0.15) is 17.7 Å². The highest BCUT2D eigenvalue weighted by atomic mass is 35.5. The first kappa shape index (κ1) is 19.1. The normalized spacial score (nSPS) is 10.9. The summed E-state index contributed by atoms with van der Waals surface area (Å²) in [6, 6.07) is 3.56. The van der Waals surface area contributed by atoms with Crippen LogP contribution in [0.3, 0.4) is 0 Å². The predicted octanol–water partition coefficient (Wildman–Crippen LogP) is 2.38. The van der Waals surface area contributed by atoms with Gasteiger partial charge >= 0.3 is 0 Å². The number of nitrogens with zero attached hydrogens (tertiary/aromatic N) is 3. The van der Waals surface area contributed by atoms with Crippen molar-refractivity contribution in [3.63, 3.8) is 0 Å². The monoisotopic (exact) mass is 407 g/mol. The number of fused-ring (bicyclic) bond motifs is 1. The Labute approximate surface area is 164 Å². The van der Waals surface area contributed by atoms with E-state index in [1.54, 1.807) is 19.2 Å². The number of alkyl halides is 1. The van der Waals surface area contributed by atoms with Gasteiger partial charge in [-0.1, -0.05) is 0 Å². The Balaban J connectivity index is 2.11. The van der Waals surface area contributed by atoms with Gasteiger partial charge in [0.2, 0.25) is 5.91 Å². The predicted molar refractivity (Wildman–Crippen MR) is 105 cm³/mol. The number of hydrogen-bond donors (Lipinski definition) is 2. The average molecular weight is 408 g/mol. The highest BCUT2D eigenvalue weighted by Crippen LogP contribution is 2.37. The van der Waals surface area contributed by atoms with Crippen molar-refractivity contribution in [2.24, 2.45) is 5.73 Å². The molecule has 8 nitrogen and oxygen atoms in total. The average Bonchev–Trinajstić information content (AvgIpc) is 3.00. The first-order chi connectivity index (χ1) is 13.0. The molecule has 0 saturated carbocycles. The molecule has 142 valence electrons. The number of carbonyl (C=O) groups is 1. The van der Waals surface area contributed by atoms with E-state index >= 15 is 0 Å². The molecule has 4 N–H and O–H groups in total. The molecule has 0 aliphatic carbocycles. The molecule has 2 aromatic heterocycles. The maximum absolute atomic E-state index is 11.4. The Morgan fingerprint density at radius 3 is 2.78 bits per heavy atom. The van der Waals surface area contributed by atoms with E-state index in [1.807, 2.05) is 0 Å². The molecular weight excluding hydrogens is 390 g/mol. The third-order valence-corrected chi connectivity index (χ3v) is 4.88. The van der Waals surface area contributed by atoms with Gasteiger partial charge in [-0.3, -0.25) is 4.79 Å². The fourth-order valence-electron chi connectivity index (χ4n) is 2.59. The van der Waals surface area contributed by atoms with E-state index in [9.17, 15) is 4.79 Å². The number of halogens is 1. The molecule has 2 heterocycles. The summed E-state index contributed by atoms with van der Waals surface area (Å²) in [6.07, 6.45) is 2.18. The van der Waals surface area contributed by atoms with E-state index < -0.39 is 5.91 Å². The molecule has 10 heteroatoms. The number of aromatic nitrogens is 3. The number of anilines is 1. The number of nitrogen functional groups attached to an aromatic ring is 1. The molecule has 1 aromatic carbocycles. The molecule has 0 aliphatic heterocycles. The smallest absolute Gasteiger partial charge is 0.222 e. The Hall–Kier alpha value is -2.65. The van der Waals surface area contributed by atoms with Crippen LogP contribution in [0.5, 0.6) is 11.5 Å². The third-order valence-electron chi connectivity index (χ3n) is 3.73. The van der Waals surface area contributed by atoms with Crippen molar-refractivity contribution in [2.45, 2.75) is 12.8 Å². The van der Waals surface area contributed by atoms with E-state index in [0.29, 0.717) is 62.7 Å². The number of rotatable bonds is 8. The lowest BCUT2D eigenvalue weighted by Crippen LogP contribution is -2.13. The standard InChI is InChI=1S/C17H18ClN5O3S/c1-25-11-5-9-10(6-12(11)26-4-2-3-18)21-8-22-15(9)16-13(7-14(19)24)27-17(20)23-16/h5-6,8H,2-4,7H2,1H3,(H2,19,24)(H2,20,23). The summed E-state index contributed by atoms with van der Waals surface area (Å²) >= 11 is 6.91. The van der Waals surface area contributed by atoms with Crippen molar-refractivity contribution in [3.05, 3.63) is 23.3 Å². The molecule has 0 atom stereocenters. The zero-order valence-electron chi connectivity index (χ0n) is 14.6. The summed E-state index contributed by atoms with van der Waals surface area (Å²) in [5, 5.41) is 1.04. The Morgan fingerprint density at radius 2 is 2.07 bits per heavy atom. The maximum atomic E-state index is 11.4. The lowest BCUT2D eigenvalue weighted by atomic mass is 10.1. The van der Waals surface area contributed by atoms with Crippen LogP contribution >= 0.6 is 22.9 Å². The zero-order chi connectivity index (χ0) is 19.4. The number of nitrogens with two attached hydrogens (primary N) is 2. The molecule has 0 saturated heterocycles. The van der Waals surface area contributed by atoms with Crippen LogP contribution in [0.25, 0.3) is 22.3 Å². The molecule has 27 heavy (non-hydrogen) atoms. The molecule has 0 radical (unpaired) electrons. The van der Waals surface area contributed by atoms with Crippen molar-refractivity contribution < 1.29 is 14.3 Å². The van der Waals surface area contributed by atoms with Gasteiger partial charge in [0.25, 0.3) is 0 Å². The van der Waals surface area contributed by atoms with Gasteiger partial charge in [-0.15, -0.1) is 22.9 Å². The minimum Gasteiger partial charge on any atom is -0.493 e. The van der Waals surface area contributed by atoms with E-state index in [4.69, 9.17) is 32.5 Å². The molecule has 0 aliphatic rings. The second kappa shape index (κ2) is 8.36. The summed E-state index contributed by atoms with van der Waals surface area (Å²) in [6.45, 7) is 0.467. The SMILES string of the molecule is COc1cc2c(-c3nc(N)sc3CC(N)=O)ncnc2cc1OCCCCl. The van der Waals surface area contributed by atoms with Crippen LogP contribution in [-0.2, 0) is 11.2 Å². The van der Waals surface area contributed by atoms with Gasteiger partial charge in [-0.25, -0.2) is 15.0 Å². The molecule has 3 rings (SSSR count). The number of ether oxygens (including phenoxy) is 2. The van der Waals surface area contributed by atoms with Gasteiger partial charge in [0, 0.05) is 22.2 Å². The van der Waals surface area contributed by atoms with Gasteiger partial charge in [-0.2, -0.15) is 0 Å². The first-order valence-corrected chi connectivity index (χ1v) is 9.44. The Kier molecular flexibility index (Phi) is 5.92. The summed E-state index contributed by atoms with van der Waals surface area (Å²) in [5.41, 5.74) is 12.9. The second-order valence-electron chi connectivity index (χ2n) is 5.60. The molecule has 1 amide bonds. The van der Waals surface area contributed by atoms with Gasteiger partial charge in [0.05, 0.1) is 25.7 Å². The number of thiazole rings is 1. The van der Waals surface area contributed by atoms with Crippen LogP contribution in [0, 0.1) is 0 Å². The summed E-state index contributed by atoms with van der Waals surface area (Å²) in [4.78, 5) is 25.0. The Bertz CT molecular complexity index is 979. The summed E-state index contributed by atoms with van der Waals surface area (Å²) in [7, 11) is 1.55. The van der Waals surface area contributed by atoms with Crippen molar-refractivity contribution in [2.75, 3.05) is 25.3 Å². The molecule has 0 spiro atoms. The van der Waals surface area contributed by atoms with Crippen LogP contribution in [0.2, 0.25) is 0 Å². The second-order valence-corrected chi connectivity index (χ2v) is 7.09. The lowest BCUT2D eigenvalue weighted by Gasteiger charge is -2.12. The van der Waals surface area contributed by atoms with Crippen molar-refractivity contribution in [1.29, 1.82) is 0 Å². The molecule has 0 bridgehead atoms. The summed E-state index contributed by atoms with van der Waals surface area (Å²) < 4.78 is 11.2. The fraction of sp³-hybridized carbons (Fsp3) is 0.294. The van der Waals surface area contributed by atoms with E-state index in [0.717, 1.165) is 0 Å². The minimum absolute atomic E-state index is 0.0342. The van der Waals surface area contributed by atoms with Crippen LogP contribution in [-0.4, -0.2) is 40.5 Å². The van der Waals surface area contributed by atoms with Crippen LogP contribution in [0.15, 0.2) is 18.5 Å². The third kappa shape index (κ3) is 4.20. The first-order valence-electron chi connectivity index (χ1n) is 8.08. The fourth-order valence-corrected chi connectivity index (χ4v) is 3.55. The van der Waals surface area contributed by atoms with E-state index in [-0.39, 0.29) is 6.42 Å². The Morgan fingerprint density at radius 1 is 1.26 bits per heavy atom. The highest BCUT2D eigenvalue weighted by molar-refractivity contribution is 7.15. The number of methoxy groups -OCH3 is 1. The highest BCUT2D eigenvalue weighted by Gasteiger charge is 2.19. The van der Waals surface area contributed by atoms with Crippen molar-refractivity contribution in [3.8, 4) is 22.9 Å². The zero-order valence-corrected chi connectivity index (χ0v) is 16.1. The quantitative estimate of drug-likeness (QED) is 0.433. The number of amides is 1. The van der Waals surface area contributed by atoms with Gasteiger partial charge in [0.15, 0.2) is 16.6 Å². The molecule has 0 fully saturated rings. The lowest BCUT2D eigenvalue weighted by molar-refractivity contribution is -0.117. The van der Waals surface area contributed by atoms with E-state index in [1.165, 1.54) is 17.7 Å². The molecular formula is C17H18ClN5O3S. The van der Waals surface area contributed by atoms with Gasteiger partial charge in [-0.05, 0) is 12.5 Å². The number of hydrogen-bond acceptors (Lipinski definition) is 8. The van der Waals surface area contributed by atoms with Crippen molar-refractivity contribution >= 4 is 44.9 Å². The van der Waals surface area contributed by atoms with Gasteiger partial charge < -0.3 is 20.9 Å². The van der Waals surface area contributed by atoms with Crippen LogP contribution in [0.4, 0.5) is 5.13 Å². The topological polar surface area (TPSA) is 126 Å². The van der Waals surface area contributed by atoms with Crippen LogP contribution < -0.4 is 20.9 Å². The minimum atomic E-state index is -0.467. The number of carbonyl (C=O) groups excluding carboxylic acids is 1. The number of primary amides is 1. The summed E-state index contributed by atoms with van der Waals surface area (Å²) in [5.74, 6) is 1.14. The largest absolute Gasteiger partial charge is 0.493 e. The maximum Gasteiger partial charge on any atom is 0.222 e. The molecule has 0 unspecified atom stereocenters.